The minimum absolute atomic E-state index is 0.0520. The molecule has 2 heterocycles. The molecule has 186 valence electrons. The van der Waals surface area contributed by atoms with Crippen LogP contribution in [0.5, 0.6) is 5.75 Å². The Morgan fingerprint density at radius 1 is 1.09 bits per heavy atom. The number of carbonyl (C=O) groups is 2. The number of carbonyl (C=O) groups excluding carboxylic acids is 2. The monoisotopic (exact) mass is 478 g/mol. The van der Waals surface area contributed by atoms with E-state index in [1.54, 1.807) is 0 Å². The molecule has 0 spiro atoms. The Labute approximate surface area is 206 Å². The van der Waals surface area contributed by atoms with E-state index in [0.717, 1.165) is 53.9 Å². The van der Waals surface area contributed by atoms with Crippen molar-refractivity contribution >= 4 is 23.0 Å². The summed E-state index contributed by atoms with van der Waals surface area (Å²) >= 11 is 0. The standard InChI is InChI=1S/C27H34N4O4/c1-27(2,3)35-26(33)29-15-6-4-5-7-18-34-20-13-11-19(12-14-20)24-30-22-10-8-9-21-23(22)31(24)17-16-28-25(21)32/h8-14H,4-7,15-18H2,1-3H3,(H,28,32)(H,29,33). The second kappa shape index (κ2) is 10.8. The number of alkyl carbamates (subject to hydrolysis) is 1. The van der Waals surface area contributed by atoms with Crippen LogP contribution in [0.15, 0.2) is 42.5 Å². The predicted octanol–water partition coefficient (Wildman–Crippen LogP) is 4.91. The molecule has 0 bridgehead atoms. The normalized spacial score (nSPS) is 13.3. The first kappa shape index (κ1) is 24.6. The third-order valence-corrected chi connectivity index (χ3v) is 5.75. The maximum Gasteiger partial charge on any atom is 0.407 e. The van der Waals surface area contributed by atoms with Gasteiger partial charge in [0, 0.05) is 25.2 Å². The van der Waals surface area contributed by atoms with E-state index in [1.165, 1.54) is 0 Å². The van der Waals surface area contributed by atoms with Crippen LogP contribution in [-0.4, -0.2) is 46.8 Å². The summed E-state index contributed by atoms with van der Waals surface area (Å²) in [5.41, 5.74) is 2.91. The number of hydrogen-bond acceptors (Lipinski definition) is 5. The van der Waals surface area contributed by atoms with Gasteiger partial charge < -0.3 is 24.7 Å². The van der Waals surface area contributed by atoms with Crippen LogP contribution >= 0.6 is 0 Å². The highest BCUT2D eigenvalue weighted by Crippen LogP contribution is 2.29. The zero-order valence-electron chi connectivity index (χ0n) is 20.7. The molecule has 3 aromatic rings. The van der Waals surface area contributed by atoms with E-state index in [9.17, 15) is 9.59 Å². The van der Waals surface area contributed by atoms with Gasteiger partial charge in [-0.3, -0.25) is 4.79 Å². The molecule has 1 aliphatic rings. The van der Waals surface area contributed by atoms with Crippen LogP contribution in [0.1, 0.15) is 56.8 Å². The maximum atomic E-state index is 12.4. The zero-order chi connectivity index (χ0) is 24.8. The van der Waals surface area contributed by atoms with Crippen LogP contribution in [0.2, 0.25) is 0 Å². The molecule has 0 saturated carbocycles. The minimum atomic E-state index is -0.469. The van der Waals surface area contributed by atoms with Gasteiger partial charge in [0.05, 0.1) is 23.2 Å². The summed E-state index contributed by atoms with van der Waals surface area (Å²) in [6.45, 7) is 8.08. The number of nitrogens with one attached hydrogen (secondary N) is 2. The van der Waals surface area contributed by atoms with Gasteiger partial charge in [-0.1, -0.05) is 18.9 Å². The first-order valence-electron chi connectivity index (χ1n) is 12.3. The molecule has 4 rings (SSSR count). The molecule has 8 nitrogen and oxygen atoms in total. The zero-order valence-corrected chi connectivity index (χ0v) is 20.7. The van der Waals surface area contributed by atoms with Crippen LogP contribution in [0, 0.1) is 0 Å². The van der Waals surface area contributed by atoms with Crippen LogP contribution in [0.3, 0.4) is 0 Å². The van der Waals surface area contributed by atoms with Crippen molar-refractivity contribution in [1.29, 1.82) is 0 Å². The van der Waals surface area contributed by atoms with Gasteiger partial charge in [-0.15, -0.1) is 0 Å². The summed E-state index contributed by atoms with van der Waals surface area (Å²) in [4.78, 5) is 28.8. The van der Waals surface area contributed by atoms with Crippen molar-refractivity contribution in [2.75, 3.05) is 19.7 Å². The van der Waals surface area contributed by atoms with Crippen molar-refractivity contribution in [3.63, 3.8) is 0 Å². The predicted molar refractivity (Wildman–Crippen MR) is 136 cm³/mol. The van der Waals surface area contributed by atoms with Gasteiger partial charge in [0.2, 0.25) is 0 Å². The largest absolute Gasteiger partial charge is 0.494 e. The Hall–Kier alpha value is -3.55. The molecule has 8 heteroatoms. The van der Waals surface area contributed by atoms with E-state index in [4.69, 9.17) is 14.5 Å². The number of ether oxygens (including phenoxy) is 2. The summed E-state index contributed by atoms with van der Waals surface area (Å²) < 4.78 is 13.2. The van der Waals surface area contributed by atoms with Crippen molar-refractivity contribution in [2.45, 2.75) is 58.6 Å². The number of rotatable bonds is 9. The Morgan fingerprint density at radius 3 is 2.63 bits per heavy atom. The average molecular weight is 479 g/mol. The summed E-state index contributed by atoms with van der Waals surface area (Å²) in [5, 5.41) is 5.74. The third-order valence-electron chi connectivity index (χ3n) is 5.75. The van der Waals surface area contributed by atoms with E-state index in [0.29, 0.717) is 31.8 Å². The molecule has 2 N–H and O–H groups in total. The van der Waals surface area contributed by atoms with Crippen molar-refractivity contribution in [3.8, 4) is 17.1 Å². The maximum absolute atomic E-state index is 12.4. The summed E-state index contributed by atoms with van der Waals surface area (Å²) in [5.74, 6) is 1.63. The van der Waals surface area contributed by atoms with Crippen LogP contribution in [0.4, 0.5) is 4.79 Å². The van der Waals surface area contributed by atoms with Gasteiger partial charge in [0.15, 0.2) is 0 Å². The van der Waals surface area contributed by atoms with Crippen molar-refractivity contribution in [1.82, 2.24) is 20.2 Å². The molecule has 0 atom stereocenters. The molecule has 35 heavy (non-hydrogen) atoms. The molecule has 0 unspecified atom stereocenters. The third kappa shape index (κ3) is 6.32. The molecular weight excluding hydrogens is 444 g/mol. The van der Waals surface area contributed by atoms with Gasteiger partial charge in [-0.25, -0.2) is 9.78 Å². The lowest BCUT2D eigenvalue weighted by atomic mass is 10.1. The van der Waals surface area contributed by atoms with Gasteiger partial charge in [0.1, 0.15) is 17.2 Å². The van der Waals surface area contributed by atoms with Gasteiger partial charge in [-0.05, 0) is 70.0 Å². The smallest absolute Gasteiger partial charge is 0.407 e. The second-order valence-electron chi connectivity index (χ2n) is 9.73. The number of para-hydroxylation sites is 1. The Morgan fingerprint density at radius 2 is 1.86 bits per heavy atom. The van der Waals surface area contributed by atoms with E-state index in [-0.39, 0.29) is 12.0 Å². The number of unbranched alkanes of at least 4 members (excludes halogenated alkanes) is 3. The summed E-state index contributed by atoms with van der Waals surface area (Å²) in [6.07, 6.45) is 3.56. The molecule has 1 aliphatic heterocycles. The van der Waals surface area contributed by atoms with Gasteiger partial charge >= 0.3 is 6.09 Å². The lowest BCUT2D eigenvalue weighted by Gasteiger charge is -2.19. The fourth-order valence-corrected chi connectivity index (χ4v) is 4.16. The van der Waals surface area contributed by atoms with Crippen LogP contribution < -0.4 is 15.4 Å². The minimum Gasteiger partial charge on any atom is -0.494 e. The average Bonchev–Trinajstić information content (AvgIpc) is 3.09. The molecule has 0 radical (unpaired) electrons. The highest BCUT2D eigenvalue weighted by Gasteiger charge is 2.21. The lowest BCUT2D eigenvalue weighted by molar-refractivity contribution is 0.0526. The number of benzene rings is 2. The number of nitrogens with zero attached hydrogens (tertiary/aromatic N) is 2. The summed E-state index contributed by atoms with van der Waals surface area (Å²) in [7, 11) is 0. The van der Waals surface area contributed by atoms with Crippen molar-refractivity contribution in [2.24, 2.45) is 0 Å². The molecule has 1 aromatic heterocycles. The highest BCUT2D eigenvalue weighted by atomic mass is 16.6. The number of amides is 2. The first-order chi connectivity index (χ1) is 16.8. The number of imidazole rings is 1. The molecule has 2 aromatic carbocycles. The molecule has 2 amide bonds. The Balaban J connectivity index is 1.24. The molecule has 0 fully saturated rings. The van der Waals surface area contributed by atoms with E-state index >= 15 is 0 Å². The Kier molecular flexibility index (Phi) is 7.58. The summed E-state index contributed by atoms with van der Waals surface area (Å²) in [6, 6.07) is 13.6. The highest BCUT2D eigenvalue weighted by molar-refractivity contribution is 6.06. The SMILES string of the molecule is CC(C)(C)OC(=O)NCCCCCCOc1ccc(-c2nc3cccc4c3n2CCNC4=O)cc1. The number of aromatic nitrogens is 2. The molecule has 0 saturated heterocycles. The topological polar surface area (TPSA) is 94.5 Å². The fraction of sp³-hybridized carbons (Fsp3) is 0.444. The van der Waals surface area contributed by atoms with E-state index < -0.39 is 5.60 Å². The van der Waals surface area contributed by atoms with Crippen molar-refractivity contribution in [3.05, 3.63) is 48.0 Å². The quantitative estimate of drug-likeness (QED) is 0.426. The lowest BCUT2D eigenvalue weighted by Crippen LogP contribution is -2.32. The van der Waals surface area contributed by atoms with E-state index in [1.807, 2.05) is 63.2 Å². The molecule has 0 aliphatic carbocycles. The van der Waals surface area contributed by atoms with Gasteiger partial charge in [0.25, 0.3) is 5.91 Å². The van der Waals surface area contributed by atoms with Gasteiger partial charge in [-0.2, -0.15) is 0 Å². The Bertz CT molecular complexity index is 1180. The van der Waals surface area contributed by atoms with E-state index in [2.05, 4.69) is 15.2 Å². The van der Waals surface area contributed by atoms with Crippen molar-refractivity contribution < 1.29 is 19.1 Å². The fourth-order valence-electron chi connectivity index (χ4n) is 4.16. The molecular formula is C27H34N4O4. The number of hydrogen-bond donors (Lipinski definition) is 2. The first-order valence-corrected chi connectivity index (χ1v) is 12.3. The van der Waals surface area contributed by atoms with Crippen LogP contribution in [-0.2, 0) is 11.3 Å². The second-order valence-corrected chi connectivity index (χ2v) is 9.73. The van der Waals surface area contributed by atoms with Crippen LogP contribution in [0.25, 0.3) is 22.4 Å².